The molecule has 0 aliphatic heterocycles. The third kappa shape index (κ3) is 2.47. The first-order valence-corrected chi connectivity index (χ1v) is 4.60. The second kappa shape index (κ2) is 4.98. The van der Waals surface area contributed by atoms with Crippen LogP contribution in [-0.2, 0) is 9.53 Å². The molecule has 4 heteroatoms. The van der Waals surface area contributed by atoms with E-state index in [-0.39, 0.29) is 12.5 Å². The molecule has 2 N–H and O–H groups in total. The van der Waals surface area contributed by atoms with Crippen LogP contribution in [0.25, 0.3) is 0 Å². The van der Waals surface area contributed by atoms with E-state index in [1.807, 2.05) is 0 Å². The van der Waals surface area contributed by atoms with Crippen molar-refractivity contribution in [2.45, 2.75) is 5.92 Å². The fourth-order valence-corrected chi connectivity index (χ4v) is 1.33. The number of carbonyl (C=O) groups excluding carboxylic acids is 1. The Labute approximate surface area is 87.8 Å². The highest BCUT2D eigenvalue weighted by atomic mass is 35.5. The van der Waals surface area contributed by atoms with Gasteiger partial charge >= 0.3 is 5.97 Å². The highest BCUT2D eigenvalue weighted by Crippen LogP contribution is 2.18. The Morgan fingerprint density at radius 1 is 1.50 bits per heavy atom. The van der Waals surface area contributed by atoms with Gasteiger partial charge in [-0.2, -0.15) is 0 Å². The zero-order valence-corrected chi connectivity index (χ0v) is 8.62. The third-order valence-corrected chi connectivity index (χ3v) is 2.25. The molecule has 0 spiro atoms. The summed E-state index contributed by atoms with van der Waals surface area (Å²) in [6.07, 6.45) is 0. The molecule has 0 saturated heterocycles. The zero-order chi connectivity index (χ0) is 10.6. The van der Waals surface area contributed by atoms with Gasteiger partial charge in [0.15, 0.2) is 0 Å². The minimum Gasteiger partial charge on any atom is -0.469 e. The van der Waals surface area contributed by atoms with Gasteiger partial charge in [0.05, 0.1) is 13.0 Å². The van der Waals surface area contributed by atoms with Gasteiger partial charge in [0, 0.05) is 11.6 Å². The second-order valence-electron chi connectivity index (χ2n) is 2.86. The van der Waals surface area contributed by atoms with E-state index < -0.39 is 5.92 Å². The van der Waals surface area contributed by atoms with Gasteiger partial charge in [-0.3, -0.25) is 4.79 Å². The molecule has 0 fully saturated rings. The van der Waals surface area contributed by atoms with Crippen LogP contribution in [0, 0.1) is 0 Å². The van der Waals surface area contributed by atoms with E-state index in [4.69, 9.17) is 17.3 Å². The Balaban J connectivity index is 2.89. The standard InChI is InChI=1S/C10H12ClNO2/c1-14-10(13)9(6-12)7-2-4-8(11)5-3-7/h2-5,9H,6,12H2,1H3/t9-/m0/s1. The summed E-state index contributed by atoms with van der Waals surface area (Å²) in [4.78, 5) is 11.3. The molecular weight excluding hydrogens is 202 g/mol. The molecule has 0 heterocycles. The SMILES string of the molecule is COC(=O)[C@@H](CN)c1ccc(Cl)cc1. The smallest absolute Gasteiger partial charge is 0.314 e. The lowest BCUT2D eigenvalue weighted by molar-refractivity contribution is -0.142. The molecule has 0 unspecified atom stereocenters. The number of hydrogen-bond donors (Lipinski definition) is 1. The van der Waals surface area contributed by atoms with Crippen LogP contribution in [0.15, 0.2) is 24.3 Å². The molecule has 1 aromatic carbocycles. The van der Waals surface area contributed by atoms with E-state index in [1.165, 1.54) is 7.11 Å². The number of methoxy groups -OCH3 is 1. The first-order chi connectivity index (χ1) is 6.69. The number of carbonyl (C=O) groups is 1. The number of rotatable bonds is 3. The van der Waals surface area contributed by atoms with Crippen LogP contribution in [0.5, 0.6) is 0 Å². The fraction of sp³-hybridized carbons (Fsp3) is 0.300. The van der Waals surface area contributed by atoms with Crippen LogP contribution >= 0.6 is 11.6 Å². The number of halogens is 1. The van der Waals surface area contributed by atoms with Gasteiger partial charge in [-0.15, -0.1) is 0 Å². The molecule has 76 valence electrons. The van der Waals surface area contributed by atoms with E-state index in [0.29, 0.717) is 5.02 Å². The van der Waals surface area contributed by atoms with Gasteiger partial charge in [0.1, 0.15) is 0 Å². The minimum atomic E-state index is -0.405. The van der Waals surface area contributed by atoms with Crippen molar-refractivity contribution in [3.8, 4) is 0 Å². The van der Waals surface area contributed by atoms with Gasteiger partial charge < -0.3 is 10.5 Å². The maximum absolute atomic E-state index is 11.3. The van der Waals surface area contributed by atoms with Crippen molar-refractivity contribution >= 4 is 17.6 Å². The van der Waals surface area contributed by atoms with E-state index in [1.54, 1.807) is 24.3 Å². The topological polar surface area (TPSA) is 52.3 Å². The molecule has 0 radical (unpaired) electrons. The zero-order valence-electron chi connectivity index (χ0n) is 7.87. The summed E-state index contributed by atoms with van der Waals surface area (Å²) < 4.78 is 4.64. The van der Waals surface area contributed by atoms with Crippen molar-refractivity contribution in [1.82, 2.24) is 0 Å². The number of benzene rings is 1. The lowest BCUT2D eigenvalue weighted by Crippen LogP contribution is -2.22. The summed E-state index contributed by atoms with van der Waals surface area (Å²) in [7, 11) is 1.35. The summed E-state index contributed by atoms with van der Waals surface area (Å²) >= 11 is 5.73. The molecule has 0 amide bonds. The molecular formula is C10H12ClNO2. The molecule has 3 nitrogen and oxygen atoms in total. The van der Waals surface area contributed by atoms with Crippen LogP contribution in [0.3, 0.4) is 0 Å². The van der Waals surface area contributed by atoms with E-state index in [9.17, 15) is 4.79 Å². The van der Waals surface area contributed by atoms with Gasteiger partial charge in [0.2, 0.25) is 0 Å². The van der Waals surface area contributed by atoms with Crippen molar-refractivity contribution in [3.05, 3.63) is 34.9 Å². The quantitative estimate of drug-likeness (QED) is 0.776. The summed E-state index contributed by atoms with van der Waals surface area (Å²) in [5, 5.41) is 0.634. The molecule has 1 aromatic rings. The Hall–Kier alpha value is -1.06. The van der Waals surface area contributed by atoms with Crippen LogP contribution in [0.4, 0.5) is 0 Å². The highest BCUT2D eigenvalue weighted by molar-refractivity contribution is 6.30. The van der Waals surface area contributed by atoms with Gasteiger partial charge in [0.25, 0.3) is 0 Å². The Bertz CT molecular complexity index is 310. The average molecular weight is 214 g/mol. The van der Waals surface area contributed by atoms with Crippen LogP contribution in [0.1, 0.15) is 11.5 Å². The fourth-order valence-electron chi connectivity index (χ4n) is 1.21. The van der Waals surface area contributed by atoms with E-state index in [0.717, 1.165) is 5.56 Å². The van der Waals surface area contributed by atoms with Crippen molar-refractivity contribution in [2.24, 2.45) is 5.73 Å². The average Bonchev–Trinajstić information content (AvgIpc) is 2.21. The number of nitrogens with two attached hydrogens (primary N) is 1. The van der Waals surface area contributed by atoms with E-state index in [2.05, 4.69) is 4.74 Å². The van der Waals surface area contributed by atoms with Crippen molar-refractivity contribution in [2.75, 3.05) is 13.7 Å². The second-order valence-corrected chi connectivity index (χ2v) is 3.30. The first kappa shape index (κ1) is 11.0. The molecule has 0 bridgehead atoms. The summed E-state index contributed by atoms with van der Waals surface area (Å²) in [6, 6.07) is 7.00. The summed E-state index contributed by atoms with van der Waals surface area (Å²) in [6.45, 7) is 0.230. The molecule has 14 heavy (non-hydrogen) atoms. The monoisotopic (exact) mass is 213 g/mol. The highest BCUT2D eigenvalue weighted by Gasteiger charge is 2.19. The Kier molecular flexibility index (Phi) is 3.92. The van der Waals surface area contributed by atoms with Crippen molar-refractivity contribution in [3.63, 3.8) is 0 Å². The lowest BCUT2D eigenvalue weighted by atomic mass is 10.00. The maximum Gasteiger partial charge on any atom is 0.314 e. The molecule has 0 aromatic heterocycles. The molecule has 0 aliphatic rings. The van der Waals surface area contributed by atoms with Crippen LogP contribution in [-0.4, -0.2) is 19.6 Å². The van der Waals surface area contributed by atoms with Gasteiger partial charge in [-0.05, 0) is 17.7 Å². The predicted molar refractivity (Wildman–Crippen MR) is 55.3 cm³/mol. The maximum atomic E-state index is 11.3. The Morgan fingerprint density at radius 2 is 2.07 bits per heavy atom. The van der Waals surface area contributed by atoms with Crippen LogP contribution < -0.4 is 5.73 Å². The molecule has 1 rings (SSSR count). The number of esters is 1. The summed E-state index contributed by atoms with van der Waals surface area (Å²) in [5.41, 5.74) is 6.31. The molecule has 1 atom stereocenters. The lowest BCUT2D eigenvalue weighted by Gasteiger charge is -2.12. The van der Waals surface area contributed by atoms with Gasteiger partial charge in [-0.1, -0.05) is 23.7 Å². The molecule has 0 saturated carbocycles. The van der Waals surface area contributed by atoms with Gasteiger partial charge in [-0.25, -0.2) is 0 Å². The summed E-state index contributed by atoms with van der Waals surface area (Å²) in [5.74, 6) is -0.730. The van der Waals surface area contributed by atoms with E-state index >= 15 is 0 Å². The normalized spacial score (nSPS) is 12.2. The third-order valence-electron chi connectivity index (χ3n) is 1.99. The Morgan fingerprint density at radius 3 is 2.50 bits per heavy atom. The van der Waals surface area contributed by atoms with Crippen molar-refractivity contribution in [1.29, 1.82) is 0 Å². The number of ether oxygens (including phenoxy) is 1. The predicted octanol–water partition coefficient (Wildman–Crippen LogP) is 1.56. The first-order valence-electron chi connectivity index (χ1n) is 4.22. The minimum absolute atomic E-state index is 0.230. The molecule has 0 aliphatic carbocycles. The number of hydrogen-bond acceptors (Lipinski definition) is 3. The largest absolute Gasteiger partial charge is 0.469 e. The van der Waals surface area contributed by atoms with Crippen LogP contribution in [0.2, 0.25) is 5.02 Å². The van der Waals surface area contributed by atoms with Crippen molar-refractivity contribution < 1.29 is 9.53 Å².